The second kappa shape index (κ2) is 5.46. The molecule has 0 aliphatic heterocycles. The van der Waals surface area contributed by atoms with E-state index < -0.39 is 0 Å². The van der Waals surface area contributed by atoms with Crippen molar-refractivity contribution in [1.82, 2.24) is 5.32 Å². The normalized spacial score (nSPS) is 14.8. The lowest BCUT2D eigenvalue weighted by Gasteiger charge is -2.33. The Kier molecular flexibility index (Phi) is 4.50. The van der Waals surface area contributed by atoms with Crippen LogP contribution >= 0.6 is 11.3 Å². The molecule has 0 aliphatic carbocycles. The van der Waals surface area contributed by atoms with Gasteiger partial charge < -0.3 is 11.1 Å². The van der Waals surface area contributed by atoms with Crippen LogP contribution in [0.25, 0.3) is 0 Å². The van der Waals surface area contributed by atoms with Crippen LogP contribution < -0.4 is 11.1 Å². The first-order valence-electron chi connectivity index (χ1n) is 5.50. The molecule has 0 spiro atoms. The number of nitrogens with one attached hydrogen (secondary N) is 1. The van der Waals surface area contributed by atoms with Crippen molar-refractivity contribution in [2.24, 2.45) is 11.7 Å². The van der Waals surface area contributed by atoms with Gasteiger partial charge in [0.25, 0.3) is 0 Å². The van der Waals surface area contributed by atoms with Gasteiger partial charge in [-0.1, -0.05) is 13.8 Å². The minimum absolute atomic E-state index is 0.0417. The van der Waals surface area contributed by atoms with Crippen LogP contribution in [0.15, 0.2) is 16.8 Å². The molecular formula is C12H20N2OS. The van der Waals surface area contributed by atoms with Gasteiger partial charge in [0.1, 0.15) is 0 Å². The predicted molar refractivity (Wildman–Crippen MR) is 68.5 cm³/mol. The zero-order valence-electron chi connectivity index (χ0n) is 10.1. The Balaban J connectivity index is 2.56. The molecule has 1 amide bonds. The summed E-state index contributed by atoms with van der Waals surface area (Å²) in [6.45, 7) is 6.58. The zero-order chi connectivity index (χ0) is 12.2. The Hall–Kier alpha value is -0.870. The van der Waals surface area contributed by atoms with E-state index in [2.05, 4.69) is 19.2 Å². The van der Waals surface area contributed by atoms with Gasteiger partial charge in [0.2, 0.25) is 5.91 Å². The van der Waals surface area contributed by atoms with Crippen molar-refractivity contribution in [3.8, 4) is 0 Å². The van der Waals surface area contributed by atoms with Crippen LogP contribution in [0.1, 0.15) is 26.3 Å². The van der Waals surface area contributed by atoms with Crippen molar-refractivity contribution in [1.29, 1.82) is 0 Å². The number of hydrogen-bond donors (Lipinski definition) is 2. The van der Waals surface area contributed by atoms with Gasteiger partial charge >= 0.3 is 0 Å². The Morgan fingerprint density at radius 1 is 1.62 bits per heavy atom. The average molecular weight is 240 g/mol. The summed E-state index contributed by atoms with van der Waals surface area (Å²) in [5, 5.41) is 7.00. The molecule has 0 fully saturated rings. The van der Waals surface area contributed by atoms with Crippen LogP contribution in [0.2, 0.25) is 0 Å². The topological polar surface area (TPSA) is 55.1 Å². The average Bonchev–Trinajstić information content (AvgIpc) is 2.69. The number of nitrogens with two attached hydrogens (primary N) is 1. The molecule has 1 heterocycles. The summed E-state index contributed by atoms with van der Waals surface area (Å²) < 4.78 is 0. The molecule has 0 saturated heterocycles. The van der Waals surface area contributed by atoms with Crippen LogP contribution in [0.5, 0.6) is 0 Å². The highest BCUT2D eigenvalue weighted by molar-refractivity contribution is 7.07. The molecule has 0 saturated carbocycles. The van der Waals surface area contributed by atoms with Gasteiger partial charge in [-0.2, -0.15) is 11.3 Å². The summed E-state index contributed by atoms with van der Waals surface area (Å²) in [5.41, 5.74) is 6.47. The smallest absolute Gasteiger partial charge is 0.224 e. The molecule has 1 unspecified atom stereocenters. The van der Waals surface area contributed by atoms with E-state index in [9.17, 15) is 4.79 Å². The highest BCUT2D eigenvalue weighted by Crippen LogP contribution is 2.15. The molecule has 16 heavy (non-hydrogen) atoms. The van der Waals surface area contributed by atoms with Crippen molar-refractivity contribution in [2.45, 2.75) is 32.7 Å². The van der Waals surface area contributed by atoms with E-state index in [1.54, 1.807) is 11.3 Å². The molecule has 0 aromatic carbocycles. The third-order valence-electron chi connectivity index (χ3n) is 3.07. The van der Waals surface area contributed by atoms with Crippen molar-refractivity contribution >= 4 is 17.2 Å². The van der Waals surface area contributed by atoms with Gasteiger partial charge in [-0.25, -0.2) is 0 Å². The highest BCUT2D eigenvalue weighted by Gasteiger charge is 2.28. The first-order chi connectivity index (χ1) is 7.48. The fraction of sp³-hybridized carbons (Fsp3) is 0.583. The third kappa shape index (κ3) is 3.32. The number of carbonyl (C=O) groups is 1. The number of rotatable bonds is 5. The van der Waals surface area contributed by atoms with Crippen LogP contribution in [0.3, 0.4) is 0 Å². The molecule has 0 aliphatic rings. The third-order valence-corrected chi connectivity index (χ3v) is 3.80. The number of thiophene rings is 1. The monoisotopic (exact) mass is 240 g/mol. The lowest BCUT2D eigenvalue weighted by Crippen LogP contribution is -2.55. The van der Waals surface area contributed by atoms with E-state index in [0.29, 0.717) is 18.9 Å². The van der Waals surface area contributed by atoms with E-state index in [1.807, 2.05) is 23.8 Å². The molecule has 90 valence electrons. The molecule has 3 N–H and O–H groups in total. The van der Waals surface area contributed by atoms with E-state index in [1.165, 1.54) is 0 Å². The summed E-state index contributed by atoms with van der Waals surface area (Å²) in [5.74, 6) is 0.365. The second-order valence-electron chi connectivity index (χ2n) is 4.63. The van der Waals surface area contributed by atoms with Crippen molar-refractivity contribution in [2.75, 3.05) is 6.54 Å². The quantitative estimate of drug-likeness (QED) is 0.824. The van der Waals surface area contributed by atoms with E-state index in [0.717, 1.165) is 5.56 Å². The lowest BCUT2D eigenvalue weighted by atomic mass is 9.88. The SMILES string of the molecule is CC(C)C(C)(CN)NC(=O)Cc1ccsc1. The molecule has 3 nitrogen and oxygen atoms in total. The molecular weight excluding hydrogens is 220 g/mol. The van der Waals surface area contributed by atoms with Gasteiger partial charge in [0.15, 0.2) is 0 Å². The largest absolute Gasteiger partial charge is 0.349 e. The Bertz CT molecular complexity index is 335. The first-order valence-corrected chi connectivity index (χ1v) is 6.44. The van der Waals surface area contributed by atoms with Crippen LogP contribution in [-0.4, -0.2) is 18.0 Å². The van der Waals surface area contributed by atoms with Gasteiger partial charge in [-0.3, -0.25) is 4.79 Å². The highest BCUT2D eigenvalue weighted by atomic mass is 32.1. The standard InChI is InChI=1S/C12H20N2OS/c1-9(2)12(3,8-13)14-11(15)6-10-4-5-16-7-10/h4-5,7,9H,6,8,13H2,1-3H3,(H,14,15). The number of hydrogen-bond acceptors (Lipinski definition) is 3. The van der Waals surface area contributed by atoms with Crippen LogP contribution in [-0.2, 0) is 11.2 Å². The second-order valence-corrected chi connectivity index (χ2v) is 5.41. The molecule has 0 radical (unpaired) electrons. The van der Waals surface area contributed by atoms with E-state index in [-0.39, 0.29) is 11.4 Å². The maximum Gasteiger partial charge on any atom is 0.224 e. The Morgan fingerprint density at radius 2 is 2.31 bits per heavy atom. The van der Waals surface area contributed by atoms with Crippen molar-refractivity contribution in [3.05, 3.63) is 22.4 Å². The first kappa shape index (κ1) is 13.2. The van der Waals surface area contributed by atoms with Crippen molar-refractivity contribution in [3.63, 3.8) is 0 Å². The molecule has 1 aromatic rings. The summed E-state index contributed by atoms with van der Waals surface area (Å²) >= 11 is 1.61. The van der Waals surface area contributed by atoms with Gasteiger partial charge in [-0.15, -0.1) is 0 Å². The Labute approximate surface area is 101 Å². The van der Waals surface area contributed by atoms with Gasteiger partial charge in [0.05, 0.1) is 12.0 Å². The Morgan fingerprint density at radius 3 is 2.75 bits per heavy atom. The lowest BCUT2D eigenvalue weighted by molar-refractivity contribution is -0.122. The van der Waals surface area contributed by atoms with Crippen LogP contribution in [0, 0.1) is 5.92 Å². The number of amides is 1. The van der Waals surface area contributed by atoms with Gasteiger partial charge in [0, 0.05) is 6.54 Å². The summed E-state index contributed by atoms with van der Waals surface area (Å²) in [6.07, 6.45) is 0.436. The van der Waals surface area contributed by atoms with E-state index in [4.69, 9.17) is 5.73 Å². The number of carbonyl (C=O) groups excluding carboxylic acids is 1. The maximum atomic E-state index is 11.8. The molecule has 1 atom stereocenters. The molecule has 1 aromatic heterocycles. The minimum atomic E-state index is -0.312. The molecule has 0 bridgehead atoms. The van der Waals surface area contributed by atoms with Gasteiger partial charge in [-0.05, 0) is 35.2 Å². The zero-order valence-corrected chi connectivity index (χ0v) is 10.9. The summed E-state index contributed by atoms with van der Waals surface area (Å²) in [6, 6.07) is 1.97. The molecule has 4 heteroatoms. The van der Waals surface area contributed by atoms with Crippen molar-refractivity contribution < 1.29 is 4.79 Å². The minimum Gasteiger partial charge on any atom is -0.349 e. The fourth-order valence-corrected chi connectivity index (χ4v) is 2.04. The molecule has 1 rings (SSSR count). The maximum absolute atomic E-state index is 11.8. The van der Waals surface area contributed by atoms with E-state index >= 15 is 0 Å². The predicted octanol–water partition coefficient (Wildman–Crippen LogP) is 1.78. The fourth-order valence-electron chi connectivity index (χ4n) is 1.37. The summed E-state index contributed by atoms with van der Waals surface area (Å²) in [4.78, 5) is 11.8. The van der Waals surface area contributed by atoms with Crippen LogP contribution in [0.4, 0.5) is 0 Å². The summed E-state index contributed by atoms with van der Waals surface area (Å²) in [7, 11) is 0.